The summed E-state index contributed by atoms with van der Waals surface area (Å²) >= 11 is 0. The summed E-state index contributed by atoms with van der Waals surface area (Å²) in [5.74, 6) is 1.13. The van der Waals surface area contributed by atoms with Gasteiger partial charge in [-0.1, -0.05) is 18.2 Å². The van der Waals surface area contributed by atoms with Crippen LogP contribution in [-0.2, 0) is 19.1 Å². The van der Waals surface area contributed by atoms with Crippen LogP contribution in [0.25, 0.3) is 0 Å². The molecule has 1 saturated heterocycles. The molecule has 2 N–H and O–H groups in total. The van der Waals surface area contributed by atoms with Crippen molar-refractivity contribution < 1.29 is 13.2 Å². The number of rotatable bonds is 3. The Morgan fingerprint density at radius 2 is 2.00 bits per heavy atom. The Morgan fingerprint density at radius 1 is 1.14 bits per heavy atom. The lowest BCUT2D eigenvalue weighted by Crippen LogP contribution is -2.41. The molecule has 28 heavy (non-hydrogen) atoms. The molecule has 0 amide bonds. The number of aryl methyl sites for hydroxylation is 1. The third-order valence-electron chi connectivity index (χ3n) is 6.41. The summed E-state index contributed by atoms with van der Waals surface area (Å²) in [6, 6.07) is 10.1. The van der Waals surface area contributed by atoms with Crippen LogP contribution in [0.5, 0.6) is 0 Å². The topological polar surface area (TPSA) is 27.3 Å². The van der Waals surface area contributed by atoms with Gasteiger partial charge in [-0.15, -0.1) is 0 Å². The molecule has 0 aliphatic carbocycles. The lowest BCUT2D eigenvalue weighted by molar-refractivity contribution is -0.138. The van der Waals surface area contributed by atoms with E-state index in [2.05, 4.69) is 27.7 Å². The number of fused-ring (bicyclic) bond motifs is 2. The number of benzene rings is 2. The van der Waals surface area contributed by atoms with Crippen LogP contribution in [0.2, 0.25) is 0 Å². The zero-order valence-electron chi connectivity index (χ0n) is 15.6. The van der Waals surface area contributed by atoms with Gasteiger partial charge in [0.25, 0.3) is 0 Å². The number of anilines is 2. The number of hydrogen-bond acceptors (Lipinski definition) is 3. The van der Waals surface area contributed by atoms with Gasteiger partial charge in [0.15, 0.2) is 0 Å². The summed E-state index contributed by atoms with van der Waals surface area (Å²) in [4.78, 5) is 2.52. The van der Waals surface area contributed by atoms with Crippen LogP contribution in [0.3, 0.4) is 0 Å². The molecule has 5 rings (SSSR count). The first-order chi connectivity index (χ1) is 13.5. The highest BCUT2D eigenvalue weighted by atomic mass is 19.4. The summed E-state index contributed by atoms with van der Waals surface area (Å²) in [7, 11) is 0. The molecule has 148 valence electrons. The van der Waals surface area contributed by atoms with Gasteiger partial charge >= 0.3 is 6.18 Å². The number of nitrogens with zero attached hydrogens (tertiary/aromatic N) is 1. The van der Waals surface area contributed by atoms with E-state index < -0.39 is 11.7 Å². The summed E-state index contributed by atoms with van der Waals surface area (Å²) in [5, 5.41) is 6.80. The Bertz CT molecular complexity index is 893. The summed E-state index contributed by atoms with van der Waals surface area (Å²) in [5.41, 5.74) is 4.74. The maximum atomic E-state index is 13.3. The molecule has 2 atom stereocenters. The van der Waals surface area contributed by atoms with Gasteiger partial charge in [0.2, 0.25) is 0 Å². The van der Waals surface area contributed by atoms with Crippen LogP contribution < -0.4 is 15.5 Å². The maximum absolute atomic E-state index is 13.3. The van der Waals surface area contributed by atoms with Crippen molar-refractivity contribution in [3.63, 3.8) is 0 Å². The zero-order chi connectivity index (χ0) is 19.3. The molecule has 2 aromatic carbocycles. The Morgan fingerprint density at radius 3 is 2.86 bits per heavy atom. The molecule has 3 heterocycles. The summed E-state index contributed by atoms with van der Waals surface area (Å²) < 4.78 is 39.8. The van der Waals surface area contributed by atoms with Crippen LogP contribution in [0, 0.1) is 5.92 Å². The fourth-order valence-corrected chi connectivity index (χ4v) is 5.15. The van der Waals surface area contributed by atoms with Crippen molar-refractivity contribution >= 4 is 11.4 Å². The van der Waals surface area contributed by atoms with E-state index in [1.54, 1.807) is 12.1 Å². The zero-order valence-corrected chi connectivity index (χ0v) is 15.6. The van der Waals surface area contributed by atoms with E-state index in [1.165, 1.54) is 22.9 Å². The number of alkyl halides is 3. The minimum absolute atomic E-state index is 0.171. The van der Waals surface area contributed by atoms with Gasteiger partial charge in [0.1, 0.15) is 0 Å². The smallest absolute Gasteiger partial charge is 0.381 e. The van der Waals surface area contributed by atoms with Crippen LogP contribution in [0.1, 0.15) is 34.6 Å². The average Bonchev–Trinajstić information content (AvgIpc) is 3.15. The van der Waals surface area contributed by atoms with Gasteiger partial charge in [-0.2, -0.15) is 13.2 Å². The van der Waals surface area contributed by atoms with Crippen molar-refractivity contribution in [1.29, 1.82) is 0 Å². The van der Waals surface area contributed by atoms with E-state index in [0.29, 0.717) is 11.8 Å². The van der Waals surface area contributed by atoms with E-state index in [4.69, 9.17) is 0 Å². The first-order valence-corrected chi connectivity index (χ1v) is 10.0. The molecule has 3 aliphatic rings. The minimum Gasteiger partial charge on any atom is -0.381 e. The van der Waals surface area contributed by atoms with Crippen molar-refractivity contribution in [3.05, 3.63) is 58.7 Å². The predicted molar refractivity (Wildman–Crippen MR) is 105 cm³/mol. The number of halogens is 3. The molecule has 0 bridgehead atoms. The molecule has 1 fully saturated rings. The average molecular weight is 387 g/mol. The van der Waals surface area contributed by atoms with E-state index >= 15 is 0 Å². The van der Waals surface area contributed by atoms with E-state index in [9.17, 15) is 13.2 Å². The summed E-state index contributed by atoms with van der Waals surface area (Å²) in [6.07, 6.45) is -2.15. The lowest BCUT2D eigenvalue weighted by Gasteiger charge is -2.42. The molecule has 0 aromatic heterocycles. The fourth-order valence-electron chi connectivity index (χ4n) is 5.15. The Labute approximate surface area is 162 Å². The third-order valence-corrected chi connectivity index (χ3v) is 6.41. The highest BCUT2D eigenvalue weighted by molar-refractivity contribution is 5.70. The second-order valence-corrected chi connectivity index (χ2v) is 8.16. The first-order valence-electron chi connectivity index (χ1n) is 10.0. The Kier molecular flexibility index (Phi) is 4.27. The second-order valence-electron chi connectivity index (χ2n) is 8.16. The van der Waals surface area contributed by atoms with Gasteiger partial charge in [0, 0.05) is 50.0 Å². The quantitative estimate of drug-likeness (QED) is 0.818. The van der Waals surface area contributed by atoms with Crippen LogP contribution >= 0.6 is 0 Å². The van der Waals surface area contributed by atoms with Gasteiger partial charge in [-0.05, 0) is 53.6 Å². The highest BCUT2D eigenvalue weighted by Crippen LogP contribution is 2.45. The van der Waals surface area contributed by atoms with Crippen molar-refractivity contribution in [2.24, 2.45) is 5.92 Å². The van der Waals surface area contributed by atoms with Crippen LogP contribution in [-0.4, -0.2) is 26.2 Å². The molecular weight excluding hydrogens is 363 g/mol. The van der Waals surface area contributed by atoms with E-state index in [1.807, 2.05) is 0 Å². The van der Waals surface area contributed by atoms with Crippen LogP contribution in [0.15, 0.2) is 36.4 Å². The Hall–Kier alpha value is -2.21. The molecular formula is C22H24F3N3. The predicted octanol–water partition coefficient (Wildman–Crippen LogP) is 4.39. The van der Waals surface area contributed by atoms with E-state index in [0.717, 1.165) is 50.8 Å². The molecule has 2 aromatic rings. The van der Waals surface area contributed by atoms with Crippen molar-refractivity contribution in [2.45, 2.75) is 31.5 Å². The van der Waals surface area contributed by atoms with Gasteiger partial charge < -0.3 is 15.5 Å². The molecule has 0 spiro atoms. The first kappa shape index (κ1) is 17.9. The molecule has 6 heteroatoms. The normalized spacial score (nSPS) is 23.3. The fraction of sp³-hybridized carbons (Fsp3) is 0.455. The lowest BCUT2D eigenvalue weighted by atomic mass is 9.80. The molecule has 3 nitrogen and oxygen atoms in total. The Balaban J connectivity index is 1.46. The van der Waals surface area contributed by atoms with Crippen molar-refractivity contribution in [2.75, 3.05) is 36.4 Å². The molecule has 0 radical (unpaired) electrons. The summed E-state index contributed by atoms with van der Waals surface area (Å²) in [6.45, 7) is 4.43. The van der Waals surface area contributed by atoms with E-state index in [-0.39, 0.29) is 12.1 Å². The number of hydrogen-bond donors (Lipinski definition) is 2. The van der Waals surface area contributed by atoms with Gasteiger partial charge in [0.05, 0.1) is 5.56 Å². The standard InChI is InChI=1S/C22H24F3N3/c23-22(24,25)20-6-2-1-4-15(20)11-27-17-8-14-5-3-7-28-13-16-10-26-12-19(16)18(9-17)21(14)28/h1-2,4,6,8-9,16,19,26-27H,3,5,7,10-13H2/t16-,19-/m1/s1. The SMILES string of the molecule is FC(F)(F)c1ccccc1CNc1cc2c3c(c1)[C@@H]1CNC[C@@H]1CN3CCC2. The third kappa shape index (κ3) is 3.04. The van der Waals surface area contributed by atoms with Gasteiger partial charge in [-0.25, -0.2) is 0 Å². The minimum atomic E-state index is -4.33. The van der Waals surface area contributed by atoms with Gasteiger partial charge in [-0.3, -0.25) is 0 Å². The van der Waals surface area contributed by atoms with Crippen LogP contribution in [0.4, 0.5) is 24.5 Å². The maximum Gasteiger partial charge on any atom is 0.416 e. The molecule has 0 saturated carbocycles. The van der Waals surface area contributed by atoms with Crippen molar-refractivity contribution in [1.82, 2.24) is 5.32 Å². The molecule has 0 unspecified atom stereocenters. The largest absolute Gasteiger partial charge is 0.416 e. The number of nitrogens with one attached hydrogen (secondary N) is 2. The molecule has 3 aliphatic heterocycles. The second kappa shape index (κ2) is 6.69. The monoisotopic (exact) mass is 387 g/mol. The van der Waals surface area contributed by atoms with Crippen molar-refractivity contribution in [3.8, 4) is 0 Å². The highest BCUT2D eigenvalue weighted by Gasteiger charge is 2.39.